The van der Waals surface area contributed by atoms with Crippen LogP contribution in [0, 0.1) is 5.92 Å². The quantitative estimate of drug-likeness (QED) is 0.835. The number of aromatic nitrogens is 1. The largest absolute Gasteiger partial charge is 0.356 e. The first-order chi connectivity index (χ1) is 7.20. The van der Waals surface area contributed by atoms with E-state index in [1.807, 2.05) is 18.2 Å². The van der Waals surface area contributed by atoms with Crippen molar-refractivity contribution in [3.05, 3.63) is 29.5 Å². The molecule has 0 radical (unpaired) electrons. The molecule has 0 fully saturated rings. The third-order valence-corrected chi connectivity index (χ3v) is 2.45. The zero-order valence-electron chi connectivity index (χ0n) is 9.16. The van der Waals surface area contributed by atoms with Gasteiger partial charge in [0.05, 0.1) is 5.69 Å². The van der Waals surface area contributed by atoms with Gasteiger partial charge in [-0.1, -0.05) is 25.1 Å². The first-order valence-electron chi connectivity index (χ1n) is 5.28. The van der Waals surface area contributed by atoms with Gasteiger partial charge in [0.2, 0.25) is 0 Å². The summed E-state index contributed by atoms with van der Waals surface area (Å²) in [4.78, 5) is 0. The van der Waals surface area contributed by atoms with E-state index in [9.17, 15) is 0 Å². The fraction of sp³-hybridized carbons (Fsp3) is 0.417. The van der Waals surface area contributed by atoms with Crippen molar-refractivity contribution < 1.29 is 4.52 Å². The highest BCUT2D eigenvalue weighted by molar-refractivity contribution is 5.80. The van der Waals surface area contributed by atoms with Gasteiger partial charge in [0.15, 0.2) is 5.58 Å². The Morgan fingerprint density at radius 2 is 2.20 bits per heavy atom. The molecule has 0 aliphatic rings. The Hall–Kier alpha value is -1.35. The van der Waals surface area contributed by atoms with Crippen LogP contribution >= 0.6 is 0 Å². The van der Waals surface area contributed by atoms with Gasteiger partial charge < -0.3 is 10.3 Å². The van der Waals surface area contributed by atoms with Gasteiger partial charge >= 0.3 is 0 Å². The molecule has 1 aromatic carbocycles. The van der Waals surface area contributed by atoms with Crippen LogP contribution in [-0.2, 0) is 13.0 Å². The molecular formula is C12H16N2O. The van der Waals surface area contributed by atoms with Crippen LogP contribution in [0.4, 0.5) is 0 Å². The smallest absolute Gasteiger partial charge is 0.167 e. The minimum Gasteiger partial charge on any atom is -0.356 e. The van der Waals surface area contributed by atoms with E-state index in [1.54, 1.807) is 0 Å². The van der Waals surface area contributed by atoms with Gasteiger partial charge in [0.1, 0.15) is 0 Å². The van der Waals surface area contributed by atoms with Gasteiger partial charge in [-0.3, -0.25) is 0 Å². The van der Waals surface area contributed by atoms with Crippen molar-refractivity contribution >= 4 is 11.0 Å². The summed E-state index contributed by atoms with van der Waals surface area (Å²) in [5.41, 5.74) is 8.53. The molecule has 0 aliphatic heterocycles. The van der Waals surface area contributed by atoms with E-state index in [-0.39, 0.29) is 0 Å². The monoisotopic (exact) mass is 204 g/mol. The molecule has 2 rings (SSSR count). The molecule has 0 spiro atoms. The van der Waals surface area contributed by atoms with Gasteiger partial charge in [0, 0.05) is 11.9 Å². The Morgan fingerprint density at radius 3 is 2.87 bits per heavy atom. The second kappa shape index (κ2) is 4.03. The van der Waals surface area contributed by atoms with E-state index in [2.05, 4.69) is 19.0 Å². The lowest BCUT2D eigenvalue weighted by Crippen LogP contribution is -1.96. The van der Waals surface area contributed by atoms with Crippen LogP contribution in [0.2, 0.25) is 0 Å². The highest BCUT2D eigenvalue weighted by Crippen LogP contribution is 2.21. The summed E-state index contributed by atoms with van der Waals surface area (Å²) in [7, 11) is 0. The lowest BCUT2D eigenvalue weighted by molar-refractivity contribution is 0.439. The van der Waals surface area contributed by atoms with E-state index >= 15 is 0 Å². The molecule has 0 unspecified atom stereocenters. The molecular weight excluding hydrogens is 188 g/mol. The third kappa shape index (κ3) is 2.02. The van der Waals surface area contributed by atoms with Crippen molar-refractivity contribution in [2.24, 2.45) is 11.7 Å². The van der Waals surface area contributed by atoms with E-state index in [0.29, 0.717) is 12.5 Å². The Bertz CT molecular complexity index is 460. The molecule has 80 valence electrons. The molecule has 0 saturated carbocycles. The number of benzene rings is 1. The Balaban J connectivity index is 2.43. The number of hydrogen-bond donors (Lipinski definition) is 1. The molecule has 0 saturated heterocycles. The van der Waals surface area contributed by atoms with E-state index in [4.69, 9.17) is 10.3 Å². The number of nitrogens with two attached hydrogens (primary N) is 1. The highest BCUT2D eigenvalue weighted by atomic mass is 16.5. The van der Waals surface area contributed by atoms with Gasteiger partial charge in [0.25, 0.3) is 0 Å². The molecule has 0 atom stereocenters. The van der Waals surface area contributed by atoms with Crippen molar-refractivity contribution in [2.75, 3.05) is 0 Å². The van der Waals surface area contributed by atoms with Crippen LogP contribution in [0.5, 0.6) is 0 Å². The van der Waals surface area contributed by atoms with Crippen LogP contribution < -0.4 is 5.73 Å². The fourth-order valence-corrected chi connectivity index (χ4v) is 1.70. The van der Waals surface area contributed by atoms with Crippen molar-refractivity contribution in [2.45, 2.75) is 26.8 Å². The fourth-order valence-electron chi connectivity index (χ4n) is 1.70. The van der Waals surface area contributed by atoms with Crippen LogP contribution in [0.25, 0.3) is 11.0 Å². The highest BCUT2D eigenvalue weighted by Gasteiger charge is 2.09. The second-order valence-electron chi connectivity index (χ2n) is 4.26. The molecule has 3 nitrogen and oxygen atoms in total. The number of rotatable bonds is 3. The summed E-state index contributed by atoms with van der Waals surface area (Å²) in [6, 6.07) is 6.04. The number of hydrogen-bond acceptors (Lipinski definition) is 3. The van der Waals surface area contributed by atoms with Crippen LogP contribution in [-0.4, -0.2) is 5.16 Å². The predicted molar refractivity (Wildman–Crippen MR) is 60.4 cm³/mol. The van der Waals surface area contributed by atoms with E-state index in [1.165, 1.54) is 0 Å². The Labute approximate surface area is 89.2 Å². The maximum Gasteiger partial charge on any atom is 0.167 e. The lowest BCUT2D eigenvalue weighted by atomic mass is 10.0. The summed E-state index contributed by atoms with van der Waals surface area (Å²) < 4.78 is 5.29. The second-order valence-corrected chi connectivity index (χ2v) is 4.26. The summed E-state index contributed by atoms with van der Waals surface area (Å²) in [5, 5.41) is 5.21. The predicted octanol–water partition coefficient (Wildman–Crippen LogP) is 2.49. The maximum atomic E-state index is 5.57. The first kappa shape index (κ1) is 10.2. The van der Waals surface area contributed by atoms with Crippen molar-refractivity contribution in [1.29, 1.82) is 0 Å². The van der Waals surface area contributed by atoms with Crippen LogP contribution in [0.1, 0.15) is 25.1 Å². The van der Waals surface area contributed by atoms with Gasteiger partial charge in [-0.15, -0.1) is 0 Å². The third-order valence-electron chi connectivity index (χ3n) is 2.45. The summed E-state index contributed by atoms with van der Waals surface area (Å²) in [6.45, 7) is 4.89. The van der Waals surface area contributed by atoms with Gasteiger partial charge in [-0.05, 0) is 30.0 Å². The molecule has 0 aliphatic carbocycles. The molecule has 2 aromatic rings. The minimum atomic E-state index is 0.538. The lowest BCUT2D eigenvalue weighted by Gasteiger charge is -2.00. The zero-order chi connectivity index (χ0) is 10.8. The first-order valence-corrected chi connectivity index (χ1v) is 5.28. The van der Waals surface area contributed by atoms with Gasteiger partial charge in [-0.25, -0.2) is 0 Å². The molecule has 1 heterocycles. The topological polar surface area (TPSA) is 52.0 Å². The van der Waals surface area contributed by atoms with Gasteiger partial charge in [-0.2, -0.15) is 0 Å². The zero-order valence-corrected chi connectivity index (χ0v) is 9.16. The van der Waals surface area contributed by atoms with E-state index in [0.717, 1.165) is 28.6 Å². The van der Waals surface area contributed by atoms with Crippen molar-refractivity contribution in [1.82, 2.24) is 5.16 Å². The summed E-state index contributed by atoms with van der Waals surface area (Å²) in [5.74, 6) is 0.590. The number of fused-ring (bicyclic) bond motifs is 1. The molecule has 15 heavy (non-hydrogen) atoms. The standard InChI is InChI=1S/C12H16N2O/c1-8(2)5-11-10-4-3-9(7-13)6-12(10)15-14-11/h3-4,6,8H,5,7,13H2,1-2H3. The molecule has 0 bridgehead atoms. The normalized spacial score (nSPS) is 11.5. The summed E-state index contributed by atoms with van der Waals surface area (Å²) >= 11 is 0. The maximum absolute atomic E-state index is 5.57. The molecule has 2 N–H and O–H groups in total. The average molecular weight is 204 g/mol. The Morgan fingerprint density at radius 1 is 1.40 bits per heavy atom. The minimum absolute atomic E-state index is 0.538. The number of nitrogens with zero attached hydrogens (tertiary/aromatic N) is 1. The van der Waals surface area contributed by atoms with Crippen LogP contribution in [0.15, 0.2) is 22.7 Å². The van der Waals surface area contributed by atoms with E-state index < -0.39 is 0 Å². The molecule has 0 amide bonds. The SMILES string of the molecule is CC(C)Cc1noc2cc(CN)ccc12. The Kier molecular flexibility index (Phi) is 2.73. The van der Waals surface area contributed by atoms with Crippen molar-refractivity contribution in [3.8, 4) is 0 Å². The average Bonchev–Trinajstić information content (AvgIpc) is 2.60. The molecule has 1 aromatic heterocycles. The van der Waals surface area contributed by atoms with Crippen molar-refractivity contribution in [3.63, 3.8) is 0 Å². The van der Waals surface area contributed by atoms with Crippen LogP contribution in [0.3, 0.4) is 0 Å². The molecule has 3 heteroatoms. The summed E-state index contributed by atoms with van der Waals surface area (Å²) in [6.07, 6.45) is 0.953.